The molecule has 1 saturated heterocycles. The lowest BCUT2D eigenvalue weighted by Crippen LogP contribution is -2.48. The Kier molecular flexibility index (Phi) is 5.83. The summed E-state index contributed by atoms with van der Waals surface area (Å²) in [4.78, 5) is 24.8. The second-order valence-electron chi connectivity index (χ2n) is 6.23. The van der Waals surface area contributed by atoms with Gasteiger partial charge in [0.25, 0.3) is 0 Å². The number of carbonyl (C=O) groups is 2. The SMILES string of the molecule is [B]C(=O)N1[C@@H](Cc2ccccc2)[C@@H](CC=CC(=O)OC)OC1(C)C. The maximum Gasteiger partial charge on any atom is 0.330 e. The normalized spacial score (nSPS) is 22.7. The summed E-state index contributed by atoms with van der Waals surface area (Å²) in [6.07, 6.45) is 3.93. The number of nitrogens with zero attached hydrogens (tertiary/aromatic N) is 1. The predicted molar refractivity (Wildman–Crippen MR) is 91.6 cm³/mol. The van der Waals surface area contributed by atoms with Crippen LogP contribution in [0.2, 0.25) is 0 Å². The highest BCUT2D eigenvalue weighted by atomic mass is 16.5. The molecule has 5 nitrogen and oxygen atoms in total. The van der Waals surface area contributed by atoms with Crippen molar-refractivity contribution in [1.82, 2.24) is 4.90 Å². The quantitative estimate of drug-likeness (QED) is 0.474. The minimum absolute atomic E-state index is 0.206. The average Bonchev–Trinajstić information content (AvgIpc) is 2.78. The highest BCUT2D eigenvalue weighted by Gasteiger charge is 2.47. The van der Waals surface area contributed by atoms with Crippen molar-refractivity contribution in [2.45, 2.75) is 44.6 Å². The number of amides is 1. The highest BCUT2D eigenvalue weighted by molar-refractivity contribution is 6.57. The van der Waals surface area contributed by atoms with E-state index in [1.807, 2.05) is 44.2 Å². The molecule has 0 unspecified atom stereocenters. The largest absolute Gasteiger partial charge is 0.466 e. The Bertz CT molecular complexity index is 615. The molecule has 0 bridgehead atoms. The van der Waals surface area contributed by atoms with E-state index in [9.17, 15) is 9.59 Å². The first-order chi connectivity index (χ1) is 11.3. The van der Waals surface area contributed by atoms with Gasteiger partial charge in [0.15, 0.2) is 5.81 Å². The fraction of sp³-hybridized carbons (Fsp3) is 0.444. The van der Waals surface area contributed by atoms with Crippen molar-refractivity contribution >= 4 is 19.6 Å². The van der Waals surface area contributed by atoms with Crippen LogP contribution in [0.1, 0.15) is 25.8 Å². The maximum atomic E-state index is 12.0. The lowest BCUT2D eigenvalue weighted by atomic mass is 9.95. The molecule has 0 N–H and O–H groups in total. The first-order valence-corrected chi connectivity index (χ1v) is 7.90. The molecular formula is C18H22BNO4. The molecule has 1 aliphatic rings. The van der Waals surface area contributed by atoms with Crippen LogP contribution in [0.4, 0.5) is 4.79 Å². The van der Waals surface area contributed by atoms with E-state index in [4.69, 9.17) is 12.6 Å². The third-order valence-electron chi connectivity index (χ3n) is 4.13. The van der Waals surface area contributed by atoms with E-state index in [0.717, 1.165) is 5.56 Å². The number of hydrogen-bond acceptors (Lipinski definition) is 4. The van der Waals surface area contributed by atoms with Crippen LogP contribution in [0, 0.1) is 0 Å². The van der Waals surface area contributed by atoms with Crippen molar-refractivity contribution < 1.29 is 19.1 Å². The molecule has 1 heterocycles. The number of benzene rings is 1. The maximum absolute atomic E-state index is 12.0. The summed E-state index contributed by atoms with van der Waals surface area (Å²) in [5.74, 6) is -0.931. The number of methoxy groups -OCH3 is 1. The van der Waals surface area contributed by atoms with Gasteiger partial charge >= 0.3 is 5.97 Å². The third kappa shape index (κ3) is 4.26. The Morgan fingerprint density at radius 2 is 2.00 bits per heavy atom. The molecule has 1 fully saturated rings. The summed E-state index contributed by atoms with van der Waals surface area (Å²) in [6.45, 7) is 3.64. The predicted octanol–water partition coefficient (Wildman–Crippen LogP) is 2.44. The van der Waals surface area contributed by atoms with Gasteiger partial charge < -0.3 is 14.4 Å². The molecule has 0 aliphatic carbocycles. The number of esters is 1. The minimum Gasteiger partial charge on any atom is -0.466 e. The van der Waals surface area contributed by atoms with Gasteiger partial charge in [-0.05, 0) is 32.3 Å². The van der Waals surface area contributed by atoms with Gasteiger partial charge in [0.1, 0.15) is 5.72 Å². The molecule has 0 saturated carbocycles. The topological polar surface area (TPSA) is 55.8 Å². The monoisotopic (exact) mass is 327 g/mol. The van der Waals surface area contributed by atoms with Crippen LogP contribution in [-0.4, -0.2) is 49.5 Å². The first-order valence-electron chi connectivity index (χ1n) is 7.90. The zero-order valence-corrected chi connectivity index (χ0v) is 14.3. The molecule has 0 aromatic heterocycles. The molecule has 6 heteroatoms. The van der Waals surface area contributed by atoms with Gasteiger partial charge in [-0.2, -0.15) is 0 Å². The third-order valence-corrected chi connectivity index (χ3v) is 4.13. The fourth-order valence-electron chi connectivity index (χ4n) is 3.15. The molecule has 2 atom stereocenters. The van der Waals surface area contributed by atoms with Gasteiger partial charge in [-0.1, -0.05) is 36.4 Å². The van der Waals surface area contributed by atoms with E-state index in [-0.39, 0.29) is 12.1 Å². The first kappa shape index (κ1) is 18.3. The lowest BCUT2D eigenvalue weighted by molar-refractivity contribution is -0.134. The summed E-state index contributed by atoms with van der Waals surface area (Å²) < 4.78 is 10.6. The molecule has 1 amide bonds. The number of hydrogen-bond donors (Lipinski definition) is 0. The molecule has 126 valence electrons. The molecule has 2 rings (SSSR count). The molecular weight excluding hydrogens is 305 g/mol. The van der Waals surface area contributed by atoms with Crippen molar-refractivity contribution in [2.75, 3.05) is 7.11 Å². The Labute approximate surface area is 144 Å². The molecule has 1 aromatic carbocycles. The zero-order chi connectivity index (χ0) is 17.7. The number of carbonyl (C=O) groups excluding carboxylic acids is 2. The molecule has 24 heavy (non-hydrogen) atoms. The highest BCUT2D eigenvalue weighted by Crippen LogP contribution is 2.35. The summed E-state index contributed by atoms with van der Waals surface area (Å²) in [6, 6.07) is 9.66. The molecule has 2 radical (unpaired) electrons. The Morgan fingerprint density at radius 1 is 1.33 bits per heavy atom. The van der Waals surface area contributed by atoms with E-state index in [1.165, 1.54) is 13.2 Å². The van der Waals surface area contributed by atoms with Crippen molar-refractivity contribution in [3.8, 4) is 0 Å². The van der Waals surface area contributed by atoms with Crippen molar-refractivity contribution in [2.24, 2.45) is 0 Å². The van der Waals surface area contributed by atoms with Gasteiger partial charge in [0.2, 0.25) is 7.85 Å². The van der Waals surface area contributed by atoms with Crippen LogP contribution in [0.3, 0.4) is 0 Å². The van der Waals surface area contributed by atoms with Crippen LogP contribution in [0.25, 0.3) is 0 Å². The number of ether oxygens (including phenoxy) is 2. The van der Waals surface area contributed by atoms with Crippen LogP contribution < -0.4 is 0 Å². The van der Waals surface area contributed by atoms with Crippen LogP contribution in [-0.2, 0) is 20.7 Å². The Hall–Kier alpha value is -2.08. The second kappa shape index (κ2) is 7.66. The van der Waals surface area contributed by atoms with Crippen molar-refractivity contribution in [1.29, 1.82) is 0 Å². The fourth-order valence-corrected chi connectivity index (χ4v) is 3.15. The minimum atomic E-state index is -0.797. The second-order valence-corrected chi connectivity index (χ2v) is 6.23. The Morgan fingerprint density at radius 3 is 2.58 bits per heavy atom. The summed E-state index contributed by atoms with van der Waals surface area (Å²) in [5, 5.41) is 0. The van der Waals surface area contributed by atoms with Gasteiger partial charge in [-0.15, -0.1) is 0 Å². The summed E-state index contributed by atoms with van der Waals surface area (Å²) in [5.41, 5.74) is 0.298. The van der Waals surface area contributed by atoms with Gasteiger partial charge in [-0.3, -0.25) is 4.79 Å². The van der Waals surface area contributed by atoms with Gasteiger partial charge in [0.05, 0.1) is 19.3 Å². The van der Waals surface area contributed by atoms with Crippen molar-refractivity contribution in [3.05, 3.63) is 48.0 Å². The number of rotatable bonds is 5. The lowest BCUT2D eigenvalue weighted by Gasteiger charge is -2.33. The average molecular weight is 327 g/mol. The van der Waals surface area contributed by atoms with Crippen molar-refractivity contribution in [3.63, 3.8) is 0 Å². The van der Waals surface area contributed by atoms with Gasteiger partial charge in [-0.25, -0.2) is 4.79 Å². The zero-order valence-electron chi connectivity index (χ0n) is 14.3. The van der Waals surface area contributed by atoms with E-state index in [1.54, 1.807) is 11.0 Å². The van der Waals surface area contributed by atoms with Crippen LogP contribution in [0.5, 0.6) is 0 Å². The molecule has 0 spiro atoms. The van der Waals surface area contributed by atoms with Crippen LogP contribution in [0.15, 0.2) is 42.5 Å². The van der Waals surface area contributed by atoms with E-state index < -0.39 is 17.5 Å². The van der Waals surface area contributed by atoms with Gasteiger partial charge in [0, 0.05) is 6.08 Å². The van der Waals surface area contributed by atoms with E-state index in [0.29, 0.717) is 12.8 Å². The molecule has 1 aliphatic heterocycles. The van der Waals surface area contributed by atoms with Crippen LogP contribution >= 0.6 is 0 Å². The van der Waals surface area contributed by atoms with E-state index in [2.05, 4.69) is 4.74 Å². The van der Waals surface area contributed by atoms with E-state index >= 15 is 0 Å². The summed E-state index contributed by atoms with van der Waals surface area (Å²) in [7, 11) is 6.92. The summed E-state index contributed by atoms with van der Waals surface area (Å²) >= 11 is 0. The smallest absolute Gasteiger partial charge is 0.330 e. The Balaban J connectivity index is 2.21. The molecule has 1 aromatic rings. The standard InChI is InChI=1S/C18H22BNO4/c1-18(2)20(17(19)22)14(12-13-8-5-4-6-9-13)15(24-18)10-7-11-16(21)23-3/h4-9,11,14-15H,10,12H2,1-3H3/t14-,15+/m0/s1.